The Morgan fingerprint density at radius 3 is 1.70 bits per heavy atom. The Morgan fingerprint density at radius 1 is 0.745 bits per heavy atom. The Labute approximate surface area is 282 Å². The van der Waals surface area contributed by atoms with Crippen LogP contribution in [0.4, 0.5) is 13.2 Å². The molecule has 0 amide bonds. The highest BCUT2D eigenvalue weighted by Gasteiger charge is 2.64. The normalized spacial score (nSPS) is 16.1. The average Bonchev–Trinajstić information content (AvgIpc) is 2.97. The number of hydrogen-bond acceptors (Lipinski definition) is 4. The van der Waals surface area contributed by atoms with Gasteiger partial charge in [-0.2, -0.15) is 13.2 Å². The second kappa shape index (κ2) is 20.5. The van der Waals surface area contributed by atoms with E-state index in [1.54, 1.807) is 6.07 Å². The second-order valence-electron chi connectivity index (χ2n) is 13.4. The fourth-order valence-corrected chi connectivity index (χ4v) is 5.37. The molecule has 0 aliphatic rings. The van der Waals surface area contributed by atoms with E-state index >= 15 is 0 Å². The molecule has 4 nitrogen and oxygen atoms in total. The van der Waals surface area contributed by atoms with Gasteiger partial charge in [0.1, 0.15) is 6.10 Å². The summed E-state index contributed by atoms with van der Waals surface area (Å²) in [5.41, 5.74) is 0.910. The van der Waals surface area contributed by atoms with E-state index in [1.807, 2.05) is 26.8 Å². The summed E-state index contributed by atoms with van der Waals surface area (Å²) in [5, 5.41) is 11.4. The van der Waals surface area contributed by atoms with Gasteiger partial charge in [0.05, 0.1) is 5.60 Å². The van der Waals surface area contributed by atoms with Crippen LogP contribution in [0.5, 0.6) is 0 Å². The van der Waals surface area contributed by atoms with E-state index in [-0.39, 0.29) is 18.4 Å². The summed E-state index contributed by atoms with van der Waals surface area (Å²) in [7, 11) is 0.845. The van der Waals surface area contributed by atoms with Gasteiger partial charge in [-0.25, -0.2) is 4.79 Å². The molecular weight excluding hydrogens is 601 g/mol. The lowest BCUT2D eigenvalue weighted by Gasteiger charge is -2.37. The van der Waals surface area contributed by atoms with Crippen molar-refractivity contribution in [1.29, 1.82) is 0 Å². The van der Waals surface area contributed by atoms with Crippen molar-refractivity contribution >= 4 is 5.97 Å². The van der Waals surface area contributed by atoms with Crippen molar-refractivity contribution in [3.63, 3.8) is 0 Å². The number of hydrogen-bond donors (Lipinski definition) is 1. The zero-order valence-corrected chi connectivity index (χ0v) is 30.2. The van der Waals surface area contributed by atoms with Crippen molar-refractivity contribution in [2.24, 2.45) is 0 Å². The van der Waals surface area contributed by atoms with E-state index in [2.05, 4.69) is 52.0 Å². The number of unbranched alkanes of at least 4 members (excludes halogenated alkanes) is 1. The molecule has 0 aliphatic carbocycles. The van der Waals surface area contributed by atoms with Gasteiger partial charge in [-0.1, -0.05) is 88.6 Å². The summed E-state index contributed by atoms with van der Waals surface area (Å²) in [6.07, 6.45) is 11.8. The summed E-state index contributed by atoms with van der Waals surface area (Å²) < 4.78 is 54.2. The first-order valence-electron chi connectivity index (χ1n) is 16.8. The number of benzene rings is 1. The van der Waals surface area contributed by atoms with E-state index in [0.29, 0.717) is 12.8 Å². The summed E-state index contributed by atoms with van der Waals surface area (Å²) in [6.45, 7) is 15.9. The highest BCUT2D eigenvalue weighted by molar-refractivity contribution is 5.83. The number of rotatable bonds is 20. The zero-order chi connectivity index (χ0) is 35.7. The average molecular weight is 661 g/mol. The van der Waals surface area contributed by atoms with Crippen LogP contribution in [0.3, 0.4) is 0 Å². The fraction of sp³-hybridized carbons (Fsp3) is 0.575. The minimum absolute atomic E-state index is 0.163. The van der Waals surface area contributed by atoms with Gasteiger partial charge in [-0.3, -0.25) is 0 Å². The number of esters is 1. The van der Waals surface area contributed by atoms with Crippen LogP contribution in [-0.4, -0.2) is 36.1 Å². The minimum Gasteiger partial charge on any atom is -0.457 e. The van der Waals surface area contributed by atoms with Gasteiger partial charge in [-0.05, 0) is 120 Å². The Balaban J connectivity index is 2.99. The summed E-state index contributed by atoms with van der Waals surface area (Å²) in [6, 6.07) is 6.75. The molecule has 0 saturated carbocycles. The van der Waals surface area contributed by atoms with Crippen LogP contribution in [0.2, 0.25) is 0 Å². The summed E-state index contributed by atoms with van der Waals surface area (Å²) in [4.78, 5) is 13.5. The SMILES string of the molecule is CO[C@@](C(=O)O[C@@H](CC/C(C)=C/CC/C=C(\C)CC/C=C(\C)CCC=C(C)C)[C@](C)(O)CCC=C(C)C)(c1ccccc1)C(F)(F)F. The maximum atomic E-state index is 14.6. The van der Waals surface area contributed by atoms with E-state index in [9.17, 15) is 23.1 Å². The third-order valence-corrected chi connectivity index (χ3v) is 8.40. The van der Waals surface area contributed by atoms with Crippen LogP contribution >= 0.6 is 0 Å². The maximum absolute atomic E-state index is 14.6. The van der Waals surface area contributed by atoms with Crippen molar-refractivity contribution in [3.05, 3.63) is 94.1 Å². The Bertz CT molecular complexity index is 1240. The standard InChI is InChI=1S/C40H59F3O4/c1-30(2)18-15-22-33(6)24-16-23-32(5)20-13-14-21-34(7)27-28-36(38(8,45)29-17-19-31(3)4)47-37(44)39(46-9,40(41,42)43)35-25-11-10-12-26-35/h10-12,18-21,24-26,36,45H,13-17,22-23,27-29H2,1-9H3/b32-20+,33-24+,34-21+/t36-,38+,39+/m0/s1. The molecule has 1 N–H and O–H groups in total. The maximum Gasteiger partial charge on any atom is 0.432 e. The molecule has 0 aliphatic heterocycles. The van der Waals surface area contributed by atoms with Crippen molar-refractivity contribution in [2.45, 2.75) is 143 Å². The van der Waals surface area contributed by atoms with E-state index in [1.165, 1.54) is 47.9 Å². The van der Waals surface area contributed by atoms with E-state index in [4.69, 9.17) is 9.47 Å². The molecule has 0 heterocycles. The first-order chi connectivity index (χ1) is 22.0. The molecule has 0 fully saturated rings. The van der Waals surface area contributed by atoms with Gasteiger partial charge in [0.2, 0.25) is 0 Å². The van der Waals surface area contributed by atoms with Crippen LogP contribution in [-0.2, 0) is 19.9 Å². The number of carbonyl (C=O) groups excluding carboxylic acids is 1. The number of methoxy groups -OCH3 is 1. The Hall–Kier alpha value is -2.90. The molecule has 0 bridgehead atoms. The van der Waals surface area contributed by atoms with E-state index in [0.717, 1.165) is 56.8 Å². The fourth-order valence-electron chi connectivity index (χ4n) is 5.37. The van der Waals surface area contributed by atoms with Gasteiger partial charge in [-0.15, -0.1) is 0 Å². The number of carbonyl (C=O) groups is 1. The van der Waals surface area contributed by atoms with Crippen molar-refractivity contribution < 1.29 is 32.5 Å². The van der Waals surface area contributed by atoms with E-state index < -0.39 is 29.5 Å². The lowest BCUT2D eigenvalue weighted by atomic mass is 9.88. The second-order valence-corrected chi connectivity index (χ2v) is 13.4. The molecule has 0 spiro atoms. The molecule has 1 rings (SSSR count). The largest absolute Gasteiger partial charge is 0.457 e. The number of allylic oxidation sites excluding steroid dienone is 10. The topological polar surface area (TPSA) is 55.8 Å². The predicted octanol–water partition coefficient (Wildman–Crippen LogP) is 11.4. The predicted molar refractivity (Wildman–Crippen MR) is 188 cm³/mol. The molecule has 7 heteroatoms. The summed E-state index contributed by atoms with van der Waals surface area (Å²) >= 11 is 0. The molecule has 0 radical (unpaired) electrons. The molecule has 1 aromatic carbocycles. The van der Waals surface area contributed by atoms with Crippen LogP contribution < -0.4 is 0 Å². The zero-order valence-electron chi connectivity index (χ0n) is 30.2. The van der Waals surface area contributed by atoms with Gasteiger partial charge in [0.25, 0.3) is 5.60 Å². The lowest BCUT2D eigenvalue weighted by Crippen LogP contribution is -2.54. The monoisotopic (exact) mass is 660 g/mol. The number of alkyl halides is 3. The van der Waals surface area contributed by atoms with Crippen LogP contribution in [0, 0.1) is 0 Å². The van der Waals surface area contributed by atoms with Crippen molar-refractivity contribution in [2.75, 3.05) is 7.11 Å². The van der Waals surface area contributed by atoms with Gasteiger partial charge in [0, 0.05) is 12.7 Å². The van der Waals surface area contributed by atoms with Gasteiger partial charge >= 0.3 is 12.1 Å². The smallest absolute Gasteiger partial charge is 0.432 e. The Morgan fingerprint density at radius 2 is 1.21 bits per heavy atom. The van der Waals surface area contributed by atoms with Crippen LogP contribution in [0.1, 0.15) is 125 Å². The van der Waals surface area contributed by atoms with Crippen LogP contribution in [0.15, 0.2) is 88.6 Å². The number of ether oxygens (including phenoxy) is 2. The first kappa shape index (κ1) is 42.1. The molecular formula is C40H59F3O4. The van der Waals surface area contributed by atoms with Crippen LogP contribution in [0.25, 0.3) is 0 Å². The van der Waals surface area contributed by atoms with Crippen molar-refractivity contribution in [1.82, 2.24) is 0 Å². The number of aliphatic hydroxyl groups is 1. The Kier molecular flexibility index (Phi) is 18.3. The quantitative estimate of drug-likeness (QED) is 0.0859. The molecule has 0 aromatic heterocycles. The molecule has 0 unspecified atom stereocenters. The number of halogens is 3. The highest BCUT2D eigenvalue weighted by atomic mass is 19.4. The molecule has 0 saturated heterocycles. The van der Waals surface area contributed by atoms with Gasteiger partial charge < -0.3 is 14.6 Å². The third-order valence-electron chi connectivity index (χ3n) is 8.40. The molecule has 1 aromatic rings. The highest BCUT2D eigenvalue weighted by Crippen LogP contribution is 2.44. The molecule has 264 valence electrons. The van der Waals surface area contributed by atoms with Crippen molar-refractivity contribution in [3.8, 4) is 0 Å². The summed E-state index contributed by atoms with van der Waals surface area (Å²) in [5.74, 6) is -1.59. The molecule has 47 heavy (non-hydrogen) atoms. The minimum atomic E-state index is -5.10. The molecule has 3 atom stereocenters. The first-order valence-corrected chi connectivity index (χ1v) is 16.8. The lowest BCUT2D eigenvalue weighted by molar-refractivity contribution is -0.281. The van der Waals surface area contributed by atoms with Gasteiger partial charge in [0.15, 0.2) is 0 Å². The third kappa shape index (κ3) is 14.8.